The molecule has 1 unspecified atom stereocenters. The molecule has 1 atom stereocenters. The molecule has 2 aromatic rings. The fourth-order valence-electron chi connectivity index (χ4n) is 2.42. The van der Waals surface area contributed by atoms with Crippen molar-refractivity contribution in [2.24, 2.45) is 0 Å². The molecule has 0 aliphatic carbocycles. The molecule has 6 heteroatoms. The molecule has 0 fully saturated rings. The zero-order chi connectivity index (χ0) is 15.7. The Morgan fingerprint density at radius 1 is 1.27 bits per heavy atom. The number of para-hydroxylation sites is 2. The molecule has 1 aliphatic heterocycles. The Morgan fingerprint density at radius 3 is 2.82 bits per heavy atom. The third-order valence-corrected chi connectivity index (χ3v) is 3.50. The SMILES string of the molecule is CC1CC(=O)Oc2cc(Oc3ccccc3[N+](=O)[O-])ccc21. The first kappa shape index (κ1) is 14.1. The van der Waals surface area contributed by atoms with E-state index in [0.29, 0.717) is 17.9 Å². The summed E-state index contributed by atoms with van der Waals surface area (Å²) in [6.07, 6.45) is 0.345. The van der Waals surface area contributed by atoms with E-state index in [1.165, 1.54) is 12.1 Å². The average molecular weight is 299 g/mol. The molecule has 0 amide bonds. The number of carbonyl (C=O) groups excluding carboxylic acids is 1. The van der Waals surface area contributed by atoms with Crippen molar-refractivity contribution in [1.82, 2.24) is 0 Å². The van der Waals surface area contributed by atoms with E-state index in [1.807, 2.05) is 13.0 Å². The summed E-state index contributed by atoms with van der Waals surface area (Å²) in [6.45, 7) is 1.95. The van der Waals surface area contributed by atoms with Crippen LogP contribution in [0.1, 0.15) is 24.8 Å². The van der Waals surface area contributed by atoms with Crippen LogP contribution in [0.4, 0.5) is 5.69 Å². The Morgan fingerprint density at radius 2 is 2.05 bits per heavy atom. The van der Waals surface area contributed by atoms with Crippen LogP contribution < -0.4 is 9.47 Å². The molecule has 0 bridgehead atoms. The van der Waals surface area contributed by atoms with E-state index in [2.05, 4.69) is 0 Å². The summed E-state index contributed by atoms with van der Waals surface area (Å²) in [6, 6.07) is 11.2. The predicted molar refractivity (Wildman–Crippen MR) is 78.3 cm³/mol. The van der Waals surface area contributed by atoms with Crippen LogP contribution in [0.5, 0.6) is 17.2 Å². The van der Waals surface area contributed by atoms with Gasteiger partial charge in [0.1, 0.15) is 11.5 Å². The molecule has 0 aromatic heterocycles. The van der Waals surface area contributed by atoms with E-state index < -0.39 is 4.92 Å². The van der Waals surface area contributed by atoms with Gasteiger partial charge >= 0.3 is 11.7 Å². The highest BCUT2D eigenvalue weighted by molar-refractivity contribution is 5.76. The molecule has 3 rings (SSSR count). The maximum atomic E-state index is 11.5. The first-order valence-corrected chi connectivity index (χ1v) is 6.80. The molecule has 22 heavy (non-hydrogen) atoms. The molecular weight excluding hydrogens is 286 g/mol. The number of ether oxygens (including phenoxy) is 2. The van der Waals surface area contributed by atoms with Crippen molar-refractivity contribution in [3.05, 3.63) is 58.1 Å². The maximum absolute atomic E-state index is 11.5. The second kappa shape index (κ2) is 5.48. The monoisotopic (exact) mass is 299 g/mol. The molecule has 1 heterocycles. The average Bonchev–Trinajstić information content (AvgIpc) is 2.47. The topological polar surface area (TPSA) is 78.7 Å². The summed E-state index contributed by atoms with van der Waals surface area (Å²) in [5, 5.41) is 11.0. The summed E-state index contributed by atoms with van der Waals surface area (Å²) in [4.78, 5) is 22.0. The summed E-state index contributed by atoms with van der Waals surface area (Å²) in [5.74, 6) is 0.761. The van der Waals surface area contributed by atoms with Crippen molar-refractivity contribution >= 4 is 11.7 Å². The predicted octanol–water partition coefficient (Wildman–Crippen LogP) is 3.80. The fourth-order valence-corrected chi connectivity index (χ4v) is 2.42. The Balaban J connectivity index is 1.93. The van der Waals surface area contributed by atoms with E-state index in [-0.39, 0.29) is 23.3 Å². The van der Waals surface area contributed by atoms with E-state index in [1.54, 1.807) is 24.3 Å². The summed E-state index contributed by atoms with van der Waals surface area (Å²) < 4.78 is 10.8. The summed E-state index contributed by atoms with van der Waals surface area (Å²) >= 11 is 0. The van der Waals surface area contributed by atoms with Crippen LogP contribution in [0.3, 0.4) is 0 Å². The number of carbonyl (C=O) groups is 1. The number of rotatable bonds is 3. The molecule has 0 saturated heterocycles. The third-order valence-electron chi connectivity index (χ3n) is 3.50. The number of esters is 1. The number of benzene rings is 2. The number of hydrogen-bond donors (Lipinski definition) is 0. The van der Waals surface area contributed by atoms with Crippen LogP contribution in [0, 0.1) is 10.1 Å². The third kappa shape index (κ3) is 2.63. The maximum Gasteiger partial charge on any atom is 0.311 e. The quantitative estimate of drug-likeness (QED) is 0.373. The van der Waals surface area contributed by atoms with Crippen LogP contribution in [-0.2, 0) is 4.79 Å². The number of nitrogens with zero attached hydrogens (tertiary/aromatic N) is 1. The highest BCUT2D eigenvalue weighted by Gasteiger charge is 2.24. The van der Waals surface area contributed by atoms with Gasteiger partial charge < -0.3 is 9.47 Å². The van der Waals surface area contributed by atoms with Crippen molar-refractivity contribution in [2.45, 2.75) is 19.3 Å². The zero-order valence-corrected chi connectivity index (χ0v) is 11.8. The van der Waals surface area contributed by atoms with Crippen molar-refractivity contribution in [3.8, 4) is 17.2 Å². The number of hydrogen-bond acceptors (Lipinski definition) is 5. The lowest BCUT2D eigenvalue weighted by atomic mass is 9.95. The summed E-state index contributed by atoms with van der Waals surface area (Å²) in [5.41, 5.74) is 0.806. The highest BCUT2D eigenvalue weighted by atomic mass is 16.6. The standard InChI is InChI=1S/C16H13NO5/c1-10-8-16(18)22-15-9-11(6-7-12(10)15)21-14-5-3-2-4-13(14)17(19)20/h2-7,9-10H,8H2,1H3. The Bertz CT molecular complexity index is 756. The van der Waals surface area contributed by atoms with Crippen molar-refractivity contribution in [3.63, 3.8) is 0 Å². The van der Waals surface area contributed by atoms with Gasteiger partial charge in [0, 0.05) is 12.1 Å². The Hall–Kier alpha value is -2.89. The molecule has 0 N–H and O–H groups in total. The van der Waals surface area contributed by atoms with Crippen molar-refractivity contribution in [1.29, 1.82) is 0 Å². The van der Waals surface area contributed by atoms with Gasteiger partial charge in [-0.15, -0.1) is 0 Å². The molecule has 2 aromatic carbocycles. The molecule has 112 valence electrons. The van der Waals surface area contributed by atoms with Crippen LogP contribution in [-0.4, -0.2) is 10.9 Å². The van der Waals surface area contributed by atoms with Crippen molar-refractivity contribution < 1.29 is 19.2 Å². The molecular formula is C16H13NO5. The van der Waals surface area contributed by atoms with Gasteiger partial charge in [-0.3, -0.25) is 14.9 Å². The number of nitro benzene ring substituents is 1. The van der Waals surface area contributed by atoms with E-state index in [4.69, 9.17) is 9.47 Å². The lowest BCUT2D eigenvalue weighted by Gasteiger charge is -2.21. The molecule has 0 spiro atoms. The van der Waals surface area contributed by atoms with E-state index >= 15 is 0 Å². The normalized spacial score (nSPS) is 16.6. The molecule has 0 radical (unpaired) electrons. The van der Waals surface area contributed by atoms with Crippen molar-refractivity contribution in [2.75, 3.05) is 0 Å². The number of nitro groups is 1. The lowest BCUT2D eigenvalue weighted by molar-refractivity contribution is -0.385. The molecule has 1 aliphatic rings. The van der Waals surface area contributed by atoms with Gasteiger partial charge in [0.15, 0.2) is 0 Å². The van der Waals surface area contributed by atoms with Crippen LogP contribution >= 0.6 is 0 Å². The van der Waals surface area contributed by atoms with Gasteiger partial charge in [0.2, 0.25) is 5.75 Å². The lowest BCUT2D eigenvalue weighted by Crippen LogP contribution is -2.18. The van der Waals surface area contributed by atoms with Crippen LogP contribution in [0.2, 0.25) is 0 Å². The van der Waals surface area contributed by atoms with Crippen LogP contribution in [0.25, 0.3) is 0 Å². The molecule has 6 nitrogen and oxygen atoms in total. The highest BCUT2D eigenvalue weighted by Crippen LogP contribution is 2.38. The van der Waals surface area contributed by atoms with E-state index in [9.17, 15) is 14.9 Å². The first-order chi connectivity index (χ1) is 10.5. The van der Waals surface area contributed by atoms with Gasteiger partial charge in [-0.25, -0.2) is 0 Å². The smallest absolute Gasteiger partial charge is 0.311 e. The first-order valence-electron chi connectivity index (χ1n) is 6.80. The molecule has 0 saturated carbocycles. The minimum atomic E-state index is -0.504. The Kier molecular flexibility index (Phi) is 3.50. The second-order valence-corrected chi connectivity index (χ2v) is 5.11. The number of fused-ring (bicyclic) bond motifs is 1. The minimum Gasteiger partial charge on any atom is -0.450 e. The van der Waals surface area contributed by atoms with E-state index in [0.717, 1.165) is 5.56 Å². The fraction of sp³-hybridized carbons (Fsp3) is 0.188. The second-order valence-electron chi connectivity index (χ2n) is 5.11. The van der Waals surface area contributed by atoms with Gasteiger partial charge in [-0.05, 0) is 23.6 Å². The Labute approximate surface area is 126 Å². The summed E-state index contributed by atoms with van der Waals surface area (Å²) in [7, 11) is 0. The van der Waals surface area contributed by atoms with Gasteiger partial charge in [0.25, 0.3) is 0 Å². The van der Waals surface area contributed by atoms with Gasteiger partial charge in [0.05, 0.1) is 11.3 Å². The van der Waals surface area contributed by atoms with Crippen LogP contribution in [0.15, 0.2) is 42.5 Å². The zero-order valence-electron chi connectivity index (χ0n) is 11.8. The minimum absolute atomic E-state index is 0.0800. The van der Waals surface area contributed by atoms with Gasteiger partial charge in [-0.1, -0.05) is 25.1 Å². The largest absolute Gasteiger partial charge is 0.450 e. The van der Waals surface area contributed by atoms with Gasteiger partial charge in [-0.2, -0.15) is 0 Å².